The van der Waals surface area contributed by atoms with E-state index in [-0.39, 0.29) is 30.4 Å². The first-order valence-electron chi connectivity index (χ1n) is 11.4. The minimum Gasteiger partial charge on any atom is -0.497 e. The Morgan fingerprint density at radius 1 is 1.06 bits per heavy atom. The summed E-state index contributed by atoms with van der Waals surface area (Å²) in [5.74, 6) is 0.760. The monoisotopic (exact) mass is 532 g/mol. The number of rotatable bonds is 8. The third-order valence-electron chi connectivity index (χ3n) is 5.30. The highest BCUT2D eigenvalue weighted by Gasteiger charge is 2.29. The molecule has 6 nitrogen and oxygen atoms in total. The van der Waals surface area contributed by atoms with E-state index >= 15 is 0 Å². The standard InChI is InChI=1S/C27H37BrN2O4/c1-18(25(32)29-27(5,6)7)30(16-19-10-9-11-21(14-19)33-8)24(31)17-34-23-13-12-20(15-22(23)28)26(2,3)4/h9-15,18H,16-17H2,1-8H3,(H,29,32)/t18-/m0/s1. The molecule has 0 saturated heterocycles. The van der Waals surface area contributed by atoms with Crippen molar-refractivity contribution in [3.63, 3.8) is 0 Å². The van der Waals surface area contributed by atoms with Gasteiger partial charge in [-0.05, 0) is 84.4 Å². The molecule has 1 atom stereocenters. The Kier molecular flexibility index (Phi) is 9.17. The van der Waals surface area contributed by atoms with Crippen LogP contribution in [0.5, 0.6) is 11.5 Å². The molecular weight excluding hydrogens is 496 g/mol. The molecule has 0 unspecified atom stereocenters. The SMILES string of the molecule is COc1cccc(CN(C(=O)COc2ccc(C(C)(C)C)cc2Br)[C@@H](C)C(=O)NC(C)(C)C)c1. The Labute approximate surface area is 212 Å². The van der Waals surface area contributed by atoms with Gasteiger partial charge in [-0.3, -0.25) is 9.59 Å². The van der Waals surface area contributed by atoms with Gasteiger partial charge >= 0.3 is 0 Å². The smallest absolute Gasteiger partial charge is 0.261 e. The highest BCUT2D eigenvalue weighted by Crippen LogP contribution is 2.31. The summed E-state index contributed by atoms with van der Waals surface area (Å²) < 4.78 is 12.0. The molecule has 0 aliphatic rings. The zero-order chi connectivity index (χ0) is 25.7. The van der Waals surface area contributed by atoms with Crippen molar-refractivity contribution in [1.82, 2.24) is 10.2 Å². The van der Waals surface area contributed by atoms with Crippen LogP contribution in [0.1, 0.15) is 59.6 Å². The minimum absolute atomic E-state index is 0.000255. The van der Waals surface area contributed by atoms with Crippen molar-refractivity contribution in [1.29, 1.82) is 0 Å². The number of benzene rings is 2. The summed E-state index contributed by atoms with van der Waals surface area (Å²) in [5.41, 5.74) is 1.61. The molecule has 186 valence electrons. The number of amides is 2. The molecule has 0 fully saturated rings. The molecule has 0 radical (unpaired) electrons. The fraction of sp³-hybridized carbons (Fsp3) is 0.481. The van der Waals surface area contributed by atoms with E-state index in [1.807, 2.05) is 63.2 Å². The predicted molar refractivity (Wildman–Crippen MR) is 139 cm³/mol. The predicted octanol–water partition coefficient (Wildman–Crippen LogP) is 5.47. The van der Waals surface area contributed by atoms with Crippen LogP contribution < -0.4 is 14.8 Å². The number of hydrogen-bond donors (Lipinski definition) is 1. The van der Waals surface area contributed by atoms with E-state index in [2.05, 4.69) is 42.0 Å². The van der Waals surface area contributed by atoms with Crippen LogP contribution in [-0.4, -0.2) is 42.0 Å². The van der Waals surface area contributed by atoms with Gasteiger partial charge in [-0.25, -0.2) is 0 Å². The second kappa shape index (κ2) is 11.3. The van der Waals surface area contributed by atoms with E-state index in [9.17, 15) is 9.59 Å². The average molecular weight is 534 g/mol. The molecule has 1 N–H and O–H groups in total. The first-order valence-corrected chi connectivity index (χ1v) is 12.2. The lowest BCUT2D eigenvalue weighted by Crippen LogP contribution is -2.53. The summed E-state index contributed by atoms with van der Waals surface area (Å²) in [6.45, 7) is 13.9. The van der Waals surface area contributed by atoms with Gasteiger partial charge in [0.1, 0.15) is 17.5 Å². The number of halogens is 1. The van der Waals surface area contributed by atoms with Crippen molar-refractivity contribution in [2.75, 3.05) is 13.7 Å². The van der Waals surface area contributed by atoms with Gasteiger partial charge in [-0.2, -0.15) is 0 Å². The molecule has 0 heterocycles. The number of carbonyl (C=O) groups is 2. The van der Waals surface area contributed by atoms with Crippen LogP contribution in [0.25, 0.3) is 0 Å². The lowest BCUT2D eigenvalue weighted by molar-refractivity contribution is -0.142. The van der Waals surface area contributed by atoms with Gasteiger partial charge in [0.15, 0.2) is 6.61 Å². The number of ether oxygens (including phenoxy) is 2. The van der Waals surface area contributed by atoms with E-state index in [0.29, 0.717) is 11.5 Å². The number of methoxy groups -OCH3 is 1. The Balaban J connectivity index is 2.23. The van der Waals surface area contributed by atoms with Crippen LogP contribution in [0, 0.1) is 0 Å². The van der Waals surface area contributed by atoms with E-state index < -0.39 is 11.6 Å². The normalized spacial score (nSPS) is 12.6. The zero-order valence-corrected chi connectivity index (χ0v) is 23.1. The second-order valence-corrected chi connectivity index (χ2v) is 11.3. The second-order valence-electron chi connectivity index (χ2n) is 10.5. The number of nitrogens with zero attached hydrogens (tertiary/aromatic N) is 1. The molecule has 2 aromatic rings. The van der Waals surface area contributed by atoms with Crippen LogP contribution in [0.15, 0.2) is 46.9 Å². The van der Waals surface area contributed by atoms with E-state index in [4.69, 9.17) is 9.47 Å². The maximum Gasteiger partial charge on any atom is 0.261 e. The van der Waals surface area contributed by atoms with Gasteiger partial charge < -0.3 is 19.7 Å². The molecule has 7 heteroatoms. The molecule has 2 aromatic carbocycles. The van der Waals surface area contributed by atoms with Crippen molar-refractivity contribution in [2.45, 2.75) is 72.0 Å². The third-order valence-corrected chi connectivity index (χ3v) is 5.92. The van der Waals surface area contributed by atoms with Gasteiger partial charge in [-0.15, -0.1) is 0 Å². The summed E-state index contributed by atoms with van der Waals surface area (Å²) in [4.78, 5) is 27.7. The lowest BCUT2D eigenvalue weighted by Gasteiger charge is -2.31. The highest BCUT2D eigenvalue weighted by atomic mass is 79.9. The van der Waals surface area contributed by atoms with Gasteiger partial charge in [0.25, 0.3) is 5.91 Å². The van der Waals surface area contributed by atoms with Crippen molar-refractivity contribution in [3.05, 3.63) is 58.1 Å². The van der Waals surface area contributed by atoms with Crippen LogP contribution in [0.4, 0.5) is 0 Å². The zero-order valence-electron chi connectivity index (χ0n) is 21.5. The molecule has 0 bridgehead atoms. The number of hydrogen-bond acceptors (Lipinski definition) is 4. The summed E-state index contributed by atoms with van der Waals surface area (Å²) in [6, 6.07) is 12.6. The van der Waals surface area contributed by atoms with Gasteiger partial charge in [0, 0.05) is 12.1 Å². The third kappa shape index (κ3) is 8.05. The first kappa shape index (κ1) is 27.7. The molecule has 0 aliphatic carbocycles. The van der Waals surface area contributed by atoms with Crippen LogP contribution in [0.3, 0.4) is 0 Å². The number of nitrogens with one attached hydrogen (secondary N) is 1. The fourth-order valence-electron chi connectivity index (χ4n) is 3.33. The Morgan fingerprint density at radius 2 is 1.74 bits per heavy atom. The van der Waals surface area contributed by atoms with Crippen LogP contribution >= 0.6 is 15.9 Å². The molecule has 0 aromatic heterocycles. The molecular formula is C27H37BrN2O4. The Morgan fingerprint density at radius 3 is 2.29 bits per heavy atom. The largest absolute Gasteiger partial charge is 0.497 e. The summed E-state index contributed by atoms with van der Waals surface area (Å²) in [6.07, 6.45) is 0. The highest BCUT2D eigenvalue weighted by molar-refractivity contribution is 9.10. The summed E-state index contributed by atoms with van der Waals surface area (Å²) >= 11 is 3.55. The molecule has 2 amide bonds. The maximum absolute atomic E-state index is 13.3. The molecule has 34 heavy (non-hydrogen) atoms. The van der Waals surface area contributed by atoms with Crippen LogP contribution in [-0.2, 0) is 21.5 Å². The topological polar surface area (TPSA) is 67.9 Å². The van der Waals surface area contributed by atoms with Crippen LogP contribution in [0.2, 0.25) is 0 Å². The van der Waals surface area contributed by atoms with Crippen molar-refractivity contribution in [3.8, 4) is 11.5 Å². The molecule has 0 aliphatic heterocycles. The summed E-state index contributed by atoms with van der Waals surface area (Å²) in [7, 11) is 1.60. The molecule has 2 rings (SSSR count). The number of carbonyl (C=O) groups excluding carboxylic acids is 2. The Hall–Kier alpha value is -2.54. The minimum atomic E-state index is -0.687. The van der Waals surface area contributed by atoms with E-state index in [1.54, 1.807) is 14.0 Å². The van der Waals surface area contributed by atoms with Gasteiger partial charge in [0.05, 0.1) is 11.6 Å². The molecule has 0 spiro atoms. The van der Waals surface area contributed by atoms with Crippen molar-refractivity contribution >= 4 is 27.7 Å². The maximum atomic E-state index is 13.3. The molecule has 0 saturated carbocycles. The average Bonchev–Trinajstić information content (AvgIpc) is 2.74. The van der Waals surface area contributed by atoms with Crippen molar-refractivity contribution in [2.24, 2.45) is 0 Å². The lowest BCUT2D eigenvalue weighted by atomic mass is 9.87. The first-order chi connectivity index (χ1) is 15.7. The van der Waals surface area contributed by atoms with E-state index in [1.165, 1.54) is 4.90 Å². The Bertz CT molecular complexity index is 1010. The quantitative estimate of drug-likeness (QED) is 0.489. The van der Waals surface area contributed by atoms with E-state index in [0.717, 1.165) is 15.6 Å². The van der Waals surface area contributed by atoms with Crippen molar-refractivity contribution < 1.29 is 19.1 Å². The van der Waals surface area contributed by atoms with Gasteiger partial charge in [0.2, 0.25) is 5.91 Å². The summed E-state index contributed by atoms with van der Waals surface area (Å²) in [5, 5.41) is 2.96. The fourth-order valence-corrected chi connectivity index (χ4v) is 3.82. The van der Waals surface area contributed by atoms with Gasteiger partial charge in [-0.1, -0.05) is 39.0 Å².